The molecule has 0 saturated heterocycles. The van der Waals surface area contributed by atoms with Crippen molar-refractivity contribution in [3.05, 3.63) is 0 Å². The van der Waals surface area contributed by atoms with Crippen molar-refractivity contribution in [2.75, 3.05) is 0 Å². The van der Waals surface area contributed by atoms with E-state index in [0.717, 1.165) is 25.7 Å². The second kappa shape index (κ2) is 5.22. The third-order valence-electron chi connectivity index (χ3n) is 3.95. The van der Waals surface area contributed by atoms with Gasteiger partial charge in [0.05, 0.1) is 5.92 Å². The van der Waals surface area contributed by atoms with Crippen molar-refractivity contribution in [1.29, 1.82) is 0 Å². The summed E-state index contributed by atoms with van der Waals surface area (Å²) < 4.78 is 37.3. The fourth-order valence-corrected chi connectivity index (χ4v) is 2.87. The minimum atomic E-state index is -3.96. The average molecular weight is 222 g/mol. The maximum Gasteiger partial charge on any atom is 0.391 e. The molecule has 1 aliphatic carbocycles. The fraction of sp³-hybridized carbons (Fsp3) is 1.00. The molecular weight excluding hydrogens is 201 g/mol. The van der Waals surface area contributed by atoms with Gasteiger partial charge in [-0.25, -0.2) is 0 Å². The number of alkyl halides is 3. The molecule has 0 aromatic rings. The zero-order valence-corrected chi connectivity index (χ0v) is 9.61. The summed E-state index contributed by atoms with van der Waals surface area (Å²) in [7, 11) is 0. The van der Waals surface area contributed by atoms with Gasteiger partial charge >= 0.3 is 6.18 Å². The lowest BCUT2D eigenvalue weighted by Gasteiger charge is -2.33. The van der Waals surface area contributed by atoms with Crippen LogP contribution in [0.15, 0.2) is 0 Å². The first-order chi connectivity index (χ1) is 6.99. The maximum atomic E-state index is 12.4. The molecule has 1 rings (SSSR count). The molecule has 0 atom stereocenters. The second-order valence-electron chi connectivity index (χ2n) is 4.73. The highest BCUT2D eigenvalue weighted by Gasteiger charge is 2.41. The van der Waals surface area contributed by atoms with E-state index in [9.17, 15) is 13.2 Å². The van der Waals surface area contributed by atoms with E-state index in [-0.39, 0.29) is 0 Å². The Hall–Kier alpha value is -0.210. The van der Waals surface area contributed by atoms with Gasteiger partial charge in [-0.2, -0.15) is 13.2 Å². The van der Waals surface area contributed by atoms with Crippen LogP contribution in [0.3, 0.4) is 0 Å². The smallest absolute Gasteiger partial charge is 0.171 e. The standard InChI is InChI=1S/C12H21F3/c1-3-9(4-2)10-5-7-11(8-6-10)12(13,14)15/h9-11H,3-8H2,1-2H3. The van der Waals surface area contributed by atoms with Crippen molar-refractivity contribution in [3.8, 4) is 0 Å². The highest BCUT2D eigenvalue weighted by molar-refractivity contribution is 4.80. The summed E-state index contributed by atoms with van der Waals surface area (Å²) in [5.74, 6) is 0.154. The second-order valence-corrected chi connectivity index (χ2v) is 4.73. The Balaban J connectivity index is 2.42. The Bertz CT molecular complexity index is 174. The fourth-order valence-electron chi connectivity index (χ4n) is 2.87. The van der Waals surface area contributed by atoms with Crippen molar-refractivity contribution in [2.45, 2.75) is 58.5 Å². The van der Waals surface area contributed by atoms with E-state index in [1.54, 1.807) is 0 Å². The molecule has 1 saturated carbocycles. The van der Waals surface area contributed by atoms with Gasteiger partial charge in [0, 0.05) is 0 Å². The Morgan fingerprint density at radius 3 is 1.80 bits per heavy atom. The van der Waals surface area contributed by atoms with Crippen LogP contribution in [0.4, 0.5) is 13.2 Å². The third-order valence-corrected chi connectivity index (χ3v) is 3.95. The number of halogens is 3. The quantitative estimate of drug-likeness (QED) is 0.644. The molecule has 0 aliphatic heterocycles. The molecule has 0 N–H and O–H groups in total. The molecular formula is C12H21F3. The van der Waals surface area contributed by atoms with Crippen LogP contribution in [0.5, 0.6) is 0 Å². The lowest BCUT2D eigenvalue weighted by Crippen LogP contribution is -2.29. The predicted octanol–water partition coefficient (Wildman–Crippen LogP) is 4.79. The molecule has 1 aliphatic rings. The highest BCUT2D eigenvalue weighted by atomic mass is 19.4. The van der Waals surface area contributed by atoms with Crippen molar-refractivity contribution in [1.82, 2.24) is 0 Å². The van der Waals surface area contributed by atoms with Crippen molar-refractivity contribution in [3.63, 3.8) is 0 Å². The zero-order chi connectivity index (χ0) is 11.5. The molecule has 0 amide bonds. The van der Waals surface area contributed by atoms with Gasteiger partial charge in [-0.1, -0.05) is 26.7 Å². The third kappa shape index (κ3) is 3.39. The molecule has 0 bridgehead atoms. The van der Waals surface area contributed by atoms with Gasteiger partial charge in [0.2, 0.25) is 0 Å². The minimum absolute atomic E-state index is 0.352. The van der Waals surface area contributed by atoms with Gasteiger partial charge in [-0.3, -0.25) is 0 Å². The van der Waals surface area contributed by atoms with Crippen LogP contribution in [0.25, 0.3) is 0 Å². The van der Waals surface area contributed by atoms with Crippen LogP contribution >= 0.6 is 0 Å². The van der Waals surface area contributed by atoms with Gasteiger partial charge < -0.3 is 0 Å². The van der Waals surface area contributed by atoms with Crippen LogP contribution in [0.1, 0.15) is 52.4 Å². The summed E-state index contributed by atoms with van der Waals surface area (Å²) in [6.45, 7) is 4.29. The van der Waals surface area contributed by atoms with Crippen molar-refractivity contribution in [2.24, 2.45) is 17.8 Å². The number of hydrogen-bond donors (Lipinski definition) is 0. The van der Waals surface area contributed by atoms with Gasteiger partial charge in [-0.05, 0) is 37.5 Å². The van der Waals surface area contributed by atoms with E-state index in [0.29, 0.717) is 24.7 Å². The summed E-state index contributed by atoms with van der Waals surface area (Å²) in [6, 6.07) is 0. The van der Waals surface area contributed by atoms with Gasteiger partial charge in [0.25, 0.3) is 0 Å². The lowest BCUT2D eigenvalue weighted by atomic mass is 9.74. The Kier molecular flexibility index (Phi) is 4.47. The first-order valence-electron chi connectivity index (χ1n) is 6.05. The van der Waals surface area contributed by atoms with Crippen molar-refractivity contribution >= 4 is 0 Å². The Morgan fingerprint density at radius 1 is 1.00 bits per heavy atom. The van der Waals surface area contributed by atoms with Gasteiger partial charge in [-0.15, -0.1) is 0 Å². The van der Waals surface area contributed by atoms with Crippen molar-refractivity contribution < 1.29 is 13.2 Å². The van der Waals surface area contributed by atoms with E-state index < -0.39 is 12.1 Å². The first kappa shape index (κ1) is 12.9. The summed E-state index contributed by atoms with van der Waals surface area (Å²) in [6.07, 6.45) is 0.511. The Morgan fingerprint density at radius 2 is 1.47 bits per heavy atom. The lowest BCUT2D eigenvalue weighted by molar-refractivity contribution is -0.184. The molecule has 1 fully saturated rings. The molecule has 0 radical (unpaired) electrons. The summed E-state index contributed by atoms with van der Waals surface area (Å²) in [5, 5.41) is 0. The molecule has 0 nitrogen and oxygen atoms in total. The zero-order valence-electron chi connectivity index (χ0n) is 9.61. The first-order valence-corrected chi connectivity index (χ1v) is 6.05. The largest absolute Gasteiger partial charge is 0.391 e. The SMILES string of the molecule is CCC(CC)C1CCC(C(F)(F)F)CC1. The number of rotatable bonds is 3. The molecule has 15 heavy (non-hydrogen) atoms. The van der Waals surface area contributed by atoms with Gasteiger partial charge in [0.15, 0.2) is 0 Å². The van der Waals surface area contributed by atoms with Crippen LogP contribution < -0.4 is 0 Å². The van der Waals surface area contributed by atoms with E-state index in [2.05, 4.69) is 13.8 Å². The molecule has 0 unspecified atom stereocenters. The van der Waals surface area contributed by atoms with Crippen LogP contribution in [0.2, 0.25) is 0 Å². The van der Waals surface area contributed by atoms with E-state index in [1.807, 2.05) is 0 Å². The molecule has 3 heteroatoms. The molecule has 0 aromatic heterocycles. The molecule has 0 heterocycles. The van der Waals surface area contributed by atoms with E-state index >= 15 is 0 Å². The molecule has 0 spiro atoms. The van der Waals surface area contributed by atoms with Crippen LogP contribution in [-0.2, 0) is 0 Å². The summed E-state index contributed by atoms with van der Waals surface area (Å²) >= 11 is 0. The normalized spacial score (nSPS) is 28.4. The minimum Gasteiger partial charge on any atom is -0.171 e. The predicted molar refractivity (Wildman–Crippen MR) is 55.6 cm³/mol. The summed E-state index contributed by atoms with van der Waals surface area (Å²) in [4.78, 5) is 0. The topological polar surface area (TPSA) is 0 Å². The highest BCUT2D eigenvalue weighted by Crippen LogP contribution is 2.42. The molecule has 0 aromatic carbocycles. The van der Waals surface area contributed by atoms with Crippen LogP contribution in [-0.4, -0.2) is 6.18 Å². The van der Waals surface area contributed by atoms with E-state index in [4.69, 9.17) is 0 Å². The maximum absolute atomic E-state index is 12.4. The molecule has 90 valence electrons. The van der Waals surface area contributed by atoms with E-state index in [1.165, 1.54) is 0 Å². The average Bonchev–Trinajstić information content (AvgIpc) is 2.19. The Labute approximate surface area is 90.2 Å². The summed E-state index contributed by atoms with van der Waals surface area (Å²) in [5.41, 5.74) is 0. The monoisotopic (exact) mass is 222 g/mol. The number of hydrogen-bond acceptors (Lipinski definition) is 0. The van der Waals surface area contributed by atoms with Gasteiger partial charge in [0.1, 0.15) is 0 Å². The van der Waals surface area contributed by atoms with Crippen LogP contribution in [0, 0.1) is 17.8 Å².